The Bertz CT molecular complexity index is 997. The first-order valence-electron chi connectivity index (χ1n) is 9.48. The zero-order valence-corrected chi connectivity index (χ0v) is 17.4. The van der Waals surface area contributed by atoms with E-state index in [-0.39, 0.29) is 30.9 Å². The molecule has 0 bridgehead atoms. The molecule has 148 valence electrons. The van der Waals surface area contributed by atoms with Crippen molar-refractivity contribution in [1.29, 1.82) is 0 Å². The molecule has 3 aromatic rings. The van der Waals surface area contributed by atoms with E-state index in [1.54, 1.807) is 6.07 Å². The number of halogens is 4. The second kappa shape index (κ2) is 7.23. The molecule has 0 aliphatic carbocycles. The van der Waals surface area contributed by atoms with Crippen molar-refractivity contribution in [3.63, 3.8) is 0 Å². The Morgan fingerprint density at radius 3 is 2.57 bits per heavy atom. The summed E-state index contributed by atoms with van der Waals surface area (Å²) in [5, 5.41) is 0.839. The minimum absolute atomic E-state index is 0.0964. The molecule has 0 radical (unpaired) electrons. The number of fused-ring (bicyclic) bond motifs is 3. The Labute approximate surface area is 170 Å². The number of alkyl halides is 2. The zero-order chi connectivity index (χ0) is 20.1. The van der Waals surface area contributed by atoms with Gasteiger partial charge in [0.1, 0.15) is 5.82 Å². The van der Waals surface area contributed by atoms with E-state index in [4.69, 9.17) is 0 Å². The van der Waals surface area contributed by atoms with Crippen molar-refractivity contribution < 1.29 is 13.2 Å². The quantitative estimate of drug-likeness (QED) is 0.483. The fourth-order valence-electron chi connectivity index (χ4n) is 4.16. The Balaban J connectivity index is 1.89. The number of nitrogens with one attached hydrogen (secondary N) is 1. The molecule has 2 nitrogen and oxygen atoms in total. The first-order valence-corrected chi connectivity index (χ1v) is 10.3. The molecule has 0 saturated heterocycles. The third-order valence-corrected chi connectivity index (χ3v) is 6.22. The number of aromatic nitrogens is 1. The van der Waals surface area contributed by atoms with Crippen molar-refractivity contribution in [3.05, 3.63) is 69.6 Å². The lowest BCUT2D eigenvalue weighted by Crippen LogP contribution is -2.48. The Hall–Kier alpha value is -1.79. The van der Waals surface area contributed by atoms with E-state index in [2.05, 4.69) is 20.9 Å². The van der Waals surface area contributed by atoms with E-state index in [0.717, 1.165) is 32.2 Å². The summed E-state index contributed by atoms with van der Waals surface area (Å²) >= 11 is 3.44. The van der Waals surface area contributed by atoms with Crippen molar-refractivity contribution in [1.82, 2.24) is 9.88 Å². The van der Waals surface area contributed by atoms with Gasteiger partial charge < -0.3 is 4.98 Å². The van der Waals surface area contributed by atoms with Crippen molar-refractivity contribution in [2.24, 2.45) is 0 Å². The van der Waals surface area contributed by atoms with Crippen LogP contribution in [0.15, 0.2) is 46.9 Å². The summed E-state index contributed by atoms with van der Waals surface area (Å²) in [6.45, 7) is 3.17. The molecule has 2 heterocycles. The van der Waals surface area contributed by atoms with Crippen LogP contribution in [0.2, 0.25) is 0 Å². The third-order valence-electron chi connectivity index (χ3n) is 5.69. The molecule has 1 aliphatic heterocycles. The molecule has 0 spiro atoms. The van der Waals surface area contributed by atoms with Crippen LogP contribution in [0.3, 0.4) is 0 Å². The average molecular weight is 451 g/mol. The highest BCUT2D eigenvalue weighted by Crippen LogP contribution is 2.42. The largest absolute Gasteiger partial charge is 0.357 e. The van der Waals surface area contributed by atoms with Crippen LogP contribution in [0.4, 0.5) is 13.2 Å². The summed E-state index contributed by atoms with van der Waals surface area (Å²) in [5.74, 6) is -3.06. The topological polar surface area (TPSA) is 19.0 Å². The first-order chi connectivity index (χ1) is 13.3. The average Bonchev–Trinajstić information content (AvgIpc) is 3.00. The van der Waals surface area contributed by atoms with Gasteiger partial charge >= 0.3 is 0 Å². The Morgan fingerprint density at radius 2 is 1.89 bits per heavy atom. The maximum atomic E-state index is 14.4. The van der Waals surface area contributed by atoms with Gasteiger partial charge in [-0.15, -0.1) is 0 Å². The van der Waals surface area contributed by atoms with Gasteiger partial charge in [-0.25, -0.2) is 13.2 Å². The highest BCUT2D eigenvalue weighted by molar-refractivity contribution is 9.10. The smallest absolute Gasteiger partial charge is 0.260 e. The monoisotopic (exact) mass is 450 g/mol. The highest BCUT2D eigenvalue weighted by atomic mass is 79.9. The van der Waals surface area contributed by atoms with Gasteiger partial charge in [-0.3, -0.25) is 4.90 Å². The van der Waals surface area contributed by atoms with Crippen LogP contribution in [0.1, 0.15) is 43.1 Å². The van der Waals surface area contributed by atoms with Crippen LogP contribution in [0, 0.1) is 5.82 Å². The minimum atomic E-state index is -2.77. The van der Waals surface area contributed by atoms with Gasteiger partial charge in [0.05, 0.1) is 12.6 Å². The molecule has 0 amide bonds. The lowest BCUT2D eigenvalue weighted by Gasteiger charge is -2.42. The number of benzene rings is 2. The molecule has 0 saturated carbocycles. The van der Waals surface area contributed by atoms with E-state index < -0.39 is 5.92 Å². The number of nitrogens with zero attached hydrogens (tertiary/aromatic N) is 1. The third kappa shape index (κ3) is 3.48. The van der Waals surface area contributed by atoms with Gasteiger partial charge in [0, 0.05) is 33.5 Å². The zero-order valence-electron chi connectivity index (χ0n) is 15.8. The summed E-state index contributed by atoms with van der Waals surface area (Å²) in [6, 6.07) is 12.0. The first kappa shape index (κ1) is 19.5. The summed E-state index contributed by atoms with van der Waals surface area (Å²) in [5.41, 5.74) is 3.68. The molecule has 1 aliphatic rings. The van der Waals surface area contributed by atoms with Crippen LogP contribution in [0.25, 0.3) is 10.9 Å². The van der Waals surface area contributed by atoms with Crippen molar-refractivity contribution in [3.8, 4) is 0 Å². The summed E-state index contributed by atoms with van der Waals surface area (Å²) in [7, 11) is 0. The number of aromatic amines is 1. The molecule has 2 atom stereocenters. The Morgan fingerprint density at radius 1 is 1.18 bits per heavy atom. The SMILES string of the molecule is CCC(F)(F)CN1C(C)Cc2c([nH]c3ccc(F)cc23)C1c1ccc(Br)cc1. The maximum absolute atomic E-state index is 14.4. The van der Waals surface area contributed by atoms with Gasteiger partial charge in [-0.05, 0) is 54.8 Å². The normalized spacial score (nSPS) is 20.5. The number of hydrogen-bond donors (Lipinski definition) is 1. The highest BCUT2D eigenvalue weighted by Gasteiger charge is 2.41. The summed E-state index contributed by atoms with van der Waals surface area (Å²) in [4.78, 5) is 5.27. The van der Waals surface area contributed by atoms with Gasteiger partial charge in [-0.2, -0.15) is 0 Å². The molecule has 6 heteroatoms. The van der Waals surface area contributed by atoms with E-state index in [1.807, 2.05) is 36.1 Å². The molecule has 2 aromatic carbocycles. The minimum Gasteiger partial charge on any atom is -0.357 e. The molecular weight excluding hydrogens is 429 g/mol. The lowest BCUT2D eigenvalue weighted by molar-refractivity contribution is -0.0544. The standard InChI is InChI=1S/C22H22BrF3N2/c1-3-22(25,26)12-28-13(2)10-18-17-11-16(24)8-9-19(17)27-20(18)21(28)14-4-6-15(23)7-5-14/h4-9,11,13,21,27H,3,10,12H2,1-2H3. The van der Waals surface area contributed by atoms with Crippen LogP contribution in [0.5, 0.6) is 0 Å². The van der Waals surface area contributed by atoms with E-state index in [9.17, 15) is 13.2 Å². The molecular formula is C22H22BrF3N2. The van der Waals surface area contributed by atoms with Crippen molar-refractivity contribution in [2.75, 3.05) is 6.54 Å². The van der Waals surface area contributed by atoms with Crippen molar-refractivity contribution in [2.45, 2.75) is 44.7 Å². The van der Waals surface area contributed by atoms with E-state index in [0.29, 0.717) is 6.42 Å². The maximum Gasteiger partial charge on any atom is 0.260 e. The van der Waals surface area contributed by atoms with Gasteiger partial charge in [0.2, 0.25) is 0 Å². The fraction of sp³-hybridized carbons (Fsp3) is 0.364. The van der Waals surface area contributed by atoms with E-state index >= 15 is 0 Å². The molecule has 1 N–H and O–H groups in total. The van der Waals surface area contributed by atoms with Crippen LogP contribution in [-0.4, -0.2) is 28.4 Å². The van der Waals surface area contributed by atoms with E-state index in [1.165, 1.54) is 19.1 Å². The molecule has 28 heavy (non-hydrogen) atoms. The van der Waals surface area contributed by atoms with Gasteiger partial charge in [-0.1, -0.05) is 35.0 Å². The van der Waals surface area contributed by atoms with Gasteiger partial charge in [0.15, 0.2) is 0 Å². The molecule has 0 fully saturated rings. The molecule has 1 aromatic heterocycles. The summed E-state index contributed by atoms with van der Waals surface area (Å²) in [6.07, 6.45) is 0.402. The van der Waals surface area contributed by atoms with Crippen LogP contribution < -0.4 is 0 Å². The van der Waals surface area contributed by atoms with Crippen molar-refractivity contribution >= 4 is 26.8 Å². The van der Waals surface area contributed by atoms with Crippen LogP contribution in [-0.2, 0) is 6.42 Å². The summed E-state index contributed by atoms with van der Waals surface area (Å²) < 4.78 is 43.6. The Kier molecular flexibility index (Phi) is 5.04. The predicted molar refractivity (Wildman–Crippen MR) is 109 cm³/mol. The number of rotatable bonds is 4. The number of hydrogen-bond acceptors (Lipinski definition) is 1. The van der Waals surface area contributed by atoms with Crippen LogP contribution >= 0.6 is 15.9 Å². The molecule has 4 rings (SSSR count). The lowest BCUT2D eigenvalue weighted by atomic mass is 9.88. The molecule has 2 unspecified atom stereocenters. The second-order valence-corrected chi connectivity index (χ2v) is 8.51. The fourth-order valence-corrected chi connectivity index (χ4v) is 4.42. The predicted octanol–water partition coefficient (Wildman–Crippen LogP) is 6.45. The second-order valence-electron chi connectivity index (χ2n) is 7.60. The number of H-pyrrole nitrogens is 1. The van der Waals surface area contributed by atoms with Gasteiger partial charge in [0.25, 0.3) is 5.92 Å².